The summed E-state index contributed by atoms with van der Waals surface area (Å²) >= 11 is 6.20. The lowest BCUT2D eigenvalue weighted by Crippen LogP contribution is -2.27. The van der Waals surface area contributed by atoms with E-state index in [1.807, 2.05) is 55.7 Å². The summed E-state index contributed by atoms with van der Waals surface area (Å²) in [6.07, 6.45) is 2.23. The van der Waals surface area contributed by atoms with Crippen molar-refractivity contribution in [1.82, 2.24) is 14.3 Å². The van der Waals surface area contributed by atoms with Crippen LogP contribution in [0.25, 0.3) is 16.5 Å². The second kappa shape index (κ2) is 9.11. The molecule has 2 heterocycles. The van der Waals surface area contributed by atoms with Crippen LogP contribution < -0.4 is 15.6 Å². The molecule has 4 aromatic rings. The Labute approximate surface area is 196 Å². The molecule has 8 heteroatoms. The molecule has 0 aliphatic heterocycles. The minimum absolute atomic E-state index is 0.193. The molecule has 0 spiro atoms. The lowest BCUT2D eigenvalue weighted by molar-refractivity contribution is -0.119. The molecule has 0 bridgehead atoms. The third-order valence-electron chi connectivity index (χ3n) is 5.87. The summed E-state index contributed by atoms with van der Waals surface area (Å²) in [5.41, 5.74) is 2.60. The van der Waals surface area contributed by atoms with Crippen molar-refractivity contribution in [3.8, 4) is 11.4 Å². The highest BCUT2D eigenvalue weighted by Gasteiger charge is 2.26. The third-order valence-corrected chi connectivity index (χ3v) is 6.17. The van der Waals surface area contributed by atoms with E-state index in [0.29, 0.717) is 34.0 Å². The van der Waals surface area contributed by atoms with Crippen molar-refractivity contribution < 1.29 is 9.53 Å². The Bertz CT molecular complexity index is 1390. The molecule has 1 N–H and O–H groups in total. The molecule has 0 aliphatic rings. The van der Waals surface area contributed by atoms with Crippen molar-refractivity contribution in [3.05, 3.63) is 81.5 Å². The fourth-order valence-corrected chi connectivity index (χ4v) is 4.51. The summed E-state index contributed by atoms with van der Waals surface area (Å²) in [6.45, 7) is 5.71. The number of hydrogen-bond acceptors (Lipinski definition) is 4. The number of ether oxygens (including phenoxy) is 1. The fourth-order valence-electron chi connectivity index (χ4n) is 4.25. The van der Waals surface area contributed by atoms with Crippen molar-refractivity contribution in [3.63, 3.8) is 0 Å². The van der Waals surface area contributed by atoms with Crippen LogP contribution in [0.2, 0.25) is 5.02 Å². The van der Waals surface area contributed by atoms with Crippen molar-refractivity contribution in [1.29, 1.82) is 0 Å². The highest BCUT2D eigenvalue weighted by atomic mass is 35.5. The molecular formula is C25H25ClN4O3. The molecule has 0 saturated heterocycles. The number of nitrogens with zero attached hydrogens (tertiary/aromatic N) is 3. The van der Waals surface area contributed by atoms with Gasteiger partial charge in [-0.25, -0.2) is 0 Å². The normalized spacial score (nSPS) is 12.0. The Balaban J connectivity index is 1.76. The molecule has 0 unspecified atom stereocenters. The molecule has 170 valence electrons. The van der Waals surface area contributed by atoms with Crippen molar-refractivity contribution >= 4 is 34.0 Å². The molecule has 0 saturated carbocycles. The van der Waals surface area contributed by atoms with E-state index in [2.05, 4.69) is 10.4 Å². The first-order chi connectivity index (χ1) is 15.9. The van der Waals surface area contributed by atoms with Crippen LogP contribution in [0.1, 0.15) is 30.8 Å². The Kier molecular flexibility index (Phi) is 6.24. The number of benzene rings is 2. The van der Waals surface area contributed by atoms with Gasteiger partial charge in [0.2, 0.25) is 5.91 Å². The molecule has 0 radical (unpaired) electrons. The van der Waals surface area contributed by atoms with E-state index < -0.39 is 6.04 Å². The summed E-state index contributed by atoms with van der Waals surface area (Å²) in [7, 11) is 1.54. The van der Waals surface area contributed by atoms with E-state index in [0.717, 1.165) is 16.8 Å². The van der Waals surface area contributed by atoms with Gasteiger partial charge in [-0.05, 0) is 50.6 Å². The number of anilines is 1. The lowest BCUT2D eigenvalue weighted by atomic mass is 10.1. The summed E-state index contributed by atoms with van der Waals surface area (Å²) in [5, 5.41) is 9.03. The molecule has 33 heavy (non-hydrogen) atoms. The van der Waals surface area contributed by atoms with Gasteiger partial charge in [-0.2, -0.15) is 9.78 Å². The summed E-state index contributed by atoms with van der Waals surface area (Å²) in [4.78, 5) is 26.6. The zero-order valence-corrected chi connectivity index (χ0v) is 19.7. The van der Waals surface area contributed by atoms with Crippen LogP contribution in [0.15, 0.2) is 59.5 Å². The maximum absolute atomic E-state index is 13.3. The predicted molar refractivity (Wildman–Crippen MR) is 131 cm³/mol. The molecule has 4 rings (SSSR count). The lowest BCUT2D eigenvalue weighted by Gasteiger charge is -2.21. The number of amides is 1. The van der Waals surface area contributed by atoms with Gasteiger partial charge in [0, 0.05) is 22.5 Å². The zero-order valence-electron chi connectivity index (χ0n) is 18.9. The second-order valence-corrected chi connectivity index (χ2v) is 8.20. The molecule has 0 fully saturated rings. The van der Waals surface area contributed by atoms with Crippen LogP contribution in [0.5, 0.6) is 5.75 Å². The van der Waals surface area contributed by atoms with Crippen molar-refractivity contribution in [2.24, 2.45) is 0 Å². The standard InChI is InChI=1S/C25H25ClN4O3/c1-5-21(24(31)28-17-11-12-22(33-4)20(26)13-17)29-15(2)19-14-27-30(18-9-7-6-8-10-18)25(32)23(19)16(29)3/h6-14,21H,5H2,1-4H3,(H,28,31)/t21-/m1/s1. The van der Waals surface area contributed by atoms with Crippen molar-refractivity contribution in [2.45, 2.75) is 33.2 Å². The van der Waals surface area contributed by atoms with Gasteiger partial charge in [-0.1, -0.05) is 36.7 Å². The summed E-state index contributed by atoms with van der Waals surface area (Å²) < 4.78 is 8.48. The van der Waals surface area contributed by atoms with E-state index in [1.54, 1.807) is 24.4 Å². The number of rotatable bonds is 6. The maximum Gasteiger partial charge on any atom is 0.281 e. The van der Waals surface area contributed by atoms with E-state index in [4.69, 9.17) is 16.3 Å². The van der Waals surface area contributed by atoms with Crippen LogP contribution >= 0.6 is 11.6 Å². The van der Waals surface area contributed by atoms with Gasteiger partial charge in [0.1, 0.15) is 11.8 Å². The van der Waals surface area contributed by atoms with Crippen LogP contribution in [-0.4, -0.2) is 27.4 Å². The van der Waals surface area contributed by atoms with Crippen LogP contribution in [0, 0.1) is 13.8 Å². The Hall–Kier alpha value is -3.58. The van der Waals surface area contributed by atoms with Gasteiger partial charge < -0.3 is 14.6 Å². The summed E-state index contributed by atoms with van der Waals surface area (Å²) in [5.74, 6) is 0.342. The van der Waals surface area contributed by atoms with E-state index in [1.165, 1.54) is 11.8 Å². The van der Waals surface area contributed by atoms with Crippen molar-refractivity contribution in [2.75, 3.05) is 12.4 Å². The van der Waals surface area contributed by atoms with Crippen LogP contribution in [0.3, 0.4) is 0 Å². The highest BCUT2D eigenvalue weighted by Crippen LogP contribution is 2.30. The fraction of sp³-hybridized carbons (Fsp3) is 0.240. The van der Waals surface area contributed by atoms with E-state index in [-0.39, 0.29) is 11.5 Å². The van der Waals surface area contributed by atoms with Gasteiger partial charge in [0.15, 0.2) is 0 Å². The van der Waals surface area contributed by atoms with Gasteiger partial charge in [0.25, 0.3) is 5.56 Å². The molecule has 0 aliphatic carbocycles. The number of carbonyl (C=O) groups excluding carboxylic acids is 1. The molecule has 7 nitrogen and oxygen atoms in total. The Morgan fingerprint density at radius 1 is 1.15 bits per heavy atom. The minimum Gasteiger partial charge on any atom is -0.495 e. The van der Waals surface area contributed by atoms with Gasteiger partial charge in [0.05, 0.1) is 29.4 Å². The quantitative estimate of drug-likeness (QED) is 0.433. The number of aryl methyl sites for hydroxylation is 2. The molecule has 1 amide bonds. The monoisotopic (exact) mass is 464 g/mol. The SMILES string of the molecule is CC[C@H](C(=O)Nc1ccc(OC)c(Cl)c1)n1c(C)c2cnn(-c3ccccc3)c(=O)c2c1C. The third kappa shape index (κ3) is 4.00. The minimum atomic E-state index is -0.511. The van der Waals surface area contributed by atoms with Crippen LogP contribution in [-0.2, 0) is 4.79 Å². The number of fused-ring (bicyclic) bond motifs is 1. The number of aromatic nitrogens is 3. The maximum atomic E-state index is 13.3. The Morgan fingerprint density at radius 2 is 1.88 bits per heavy atom. The number of hydrogen-bond donors (Lipinski definition) is 1. The zero-order chi connectivity index (χ0) is 23.7. The topological polar surface area (TPSA) is 78.2 Å². The molecular weight excluding hydrogens is 440 g/mol. The van der Waals surface area contributed by atoms with Gasteiger partial charge in [-0.15, -0.1) is 0 Å². The first kappa shape index (κ1) is 22.6. The largest absolute Gasteiger partial charge is 0.495 e. The predicted octanol–water partition coefficient (Wildman–Crippen LogP) is 5.06. The van der Waals surface area contributed by atoms with E-state index >= 15 is 0 Å². The average Bonchev–Trinajstić information content (AvgIpc) is 3.06. The van der Waals surface area contributed by atoms with E-state index in [9.17, 15) is 9.59 Å². The summed E-state index contributed by atoms with van der Waals surface area (Å²) in [6, 6.07) is 13.9. The number of nitrogens with one attached hydrogen (secondary N) is 1. The average molecular weight is 465 g/mol. The second-order valence-electron chi connectivity index (χ2n) is 7.79. The first-order valence-corrected chi connectivity index (χ1v) is 11.0. The Morgan fingerprint density at radius 3 is 2.52 bits per heavy atom. The number of para-hydroxylation sites is 1. The highest BCUT2D eigenvalue weighted by molar-refractivity contribution is 6.32. The van der Waals surface area contributed by atoms with Crippen LogP contribution in [0.4, 0.5) is 5.69 Å². The molecule has 2 aromatic heterocycles. The number of methoxy groups -OCH3 is 1. The number of carbonyl (C=O) groups is 1. The first-order valence-electron chi connectivity index (χ1n) is 10.7. The smallest absolute Gasteiger partial charge is 0.281 e. The van der Waals surface area contributed by atoms with Gasteiger partial charge in [-0.3, -0.25) is 9.59 Å². The van der Waals surface area contributed by atoms with Gasteiger partial charge >= 0.3 is 0 Å². The molecule has 2 aromatic carbocycles. The number of halogens is 1. The molecule has 1 atom stereocenters.